The number of anilines is 1. The third-order valence-corrected chi connectivity index (χ3v) is 3.96. The molecule has 0 radical (unpaired) electrons. The normalized spacial score (nSPS) is 22.7. The zero-order valence-electron chi connectivity index (χ0n) is 11.0. The summed E-state index contributed by atoms with van der Waals surface area (Å²) in [5.74, 6) is 0.603. The van der Waals surface area contributed by atoms with Gasteiger partial charge >= 0.3 is 0 Å². The standard InChI is InChI=1S/C14H21ClN2O/c1-16-8-12-13(15)4-3-5-14(12)17(2)9-10-6-11(18)7-10/h3-5,10-11,16,18H,6-9H2,1-2H3. The number of aliphatic hydroxyl groups is 1. The SMILES string of the molecule is CNCc1c(Cl)cccc1N(C)CC1CC(O)C1. The molecule has 4 heteroatoms. The Hall–Kier alpha value is -0.770. The van der Waals surface area contributed by atoms with Gasteiger partial charge in [-0.1, -0.05) is 17.7 Å². The predicted octanol–water partition coefficient (Wildman–Crippen LogP) is 2.27. The van der Waals surface area contributed by atoms with E-state index in [9.17, 15) is 5.11 Å². The highest BCUT2D eigenvalue weighted by atomic mass is 35.5. The quantitative estimate of drug-likeness (QED) is 0.860. The molecule has 1 aromatic rings. The largest absolute Gasteiger partial charge is 0.393 e. The Morgan fingerprint density at radius 1 is 1.44 bits per heavy atom. The highest BCUT2D eigenvalue weighted by Crippen LogP contribution is 2.32. The first-order valence-electron chi connectivity index (χ1n) is 6.43. The van der Waals surface area contributed by atoms with Crippen LogP contribution in [0.25, 0.3) is 0 Å². The van der Waals surface area contributed by atoms with Gasteiger partial charge in [0.05, 0.1) is 6.10 Å². The van der Waals surface area contributed by atoms with Crippen LogP contribution in [0.15, 0.2) is 18.2 Å². The third kappa shape index (κ3) is 2.97. The number of hydrogen-bond donors (Lipinski definition) is 2. The molecule has 1 aromatic carbocycles. The molecule has 0 spiro atoms. The topological polar surface area (TPSA) is 35.5 Å². The molecule has 2 N–H and O–H groups in total. The van der Waals surface area contributed by atoms with Gasteiger partial charge in [0.15, 0.2) is 0 Å². The molecule has 1 saturated carbocycles. The summed E-state index contributed by atoms with van der Waals surface area (Å²) in [4.78, 5) is 2.25. The van der Waals surface area contributed by atoms with E-state index < -0.39 is 0 Å². The van der Waals surface area contributed by atoms with Gasteiger partial charge < -0.3 is 15.3 Å². The van der Waals surface area contributed by atoms with E-state index in [2.05, 4.69) is 23.3 Å². The Morgan fingerprint density at radius 3 is 2.78 bits per heavy atom. The lowest BCUT2D eigenvalue weighted by Crippen LogP contribution is -2.37. The molecule has 0 aliphatic heterocycles. The third-order valence-electron chi connectivity index (χ3n) is 3.60. The highest BCUT2D eigenvalue weighted by Gasteiger charge is 2.28. The molecule has 2 rings (SSSR count). The van der Waals surface area contributed by atoms with Crippen molar-refractivity contribution < 1.29 is 5.11 Å². The van der Waals surface area contributed by atoms with Gasteiger partial charge in [0.2, 0.25) is 0 Å². The second-order valence-corrected chi connectivity index (χ2v) is 5.55. The van der Waals surface area contributed by atoms with E-state index in [0.29, 0.717) is 5.92 Å². The van der Waals surface area contributed by atoms with Crippen molar-refractivity contribution in [2.45, 2.75) is 25.5 Å². The Kier molecular flexibility index (Phi) is 4.49. The van der Waals surface area contributed by atoms with Crippen LogP contribution in [0.5, 0.6) is 0 Å². The lowest BCUT2D eigenvalue weighted by Gasteiger charge is -2.36. The number of halogens is 1. The van der Waals surface area contributed by atoms with Gasteiger partial charge in [0.25, 0.3) is 0 Å². The fourth-order valence-electron chi connectivity index (χ4n) is 2.59. The summed E-state index contributed by atoms with van der Waals surface area (Å²) >= 11 is 6.25. The molecule has 1 aliphatic carbocycles. The second-order valence-electron chi connectivity index (χ2n) is 5.14. The summed E-state index contributed by atoms with van der Waals surface area (Å²) in [6, 6.07) is 6.02. The summed E-state index contributed by atoms with van der Waals surface area (Å²) in [5, 5.41) is 13.3. The Morgan fingerprint density at radius 2 is 2.17 bits per heavy atom. The molecule has 0 atom stereocenters. The maximum Gasteiger partial charge on any atom is 0.0546 e. The van der Waals surface area contributed by atoms with Crippen molar-refractivity contribution in [2.75, 3.05) is 25.5 Å². The van der Waals surface area contributed by atoms with Crippen molar-refractivity contribution in [1.82, 2.24) is 5.32 Å². The lowest BCUT2D eigenvalue weighted by molar-refractivity contribution is 0.0464. The van der Waals surface area contributed by atoms with Gasteiger partial charge in [0.1, 0.15) is 0 Å². The van der Waals surface area contributed by atoms with E-state index >= 15 is 0 Å². The van der Waals surface area contributed by atoms with Gasteiger partial charge in [-0.3, -0.25) is 0 Å². The highest BCUT2D eigenvalue weighted by molar-refractivity contribution is 6.31. The van der Waals surface area contributed by atoms with Crippen LogP contribution in [-0.2, 0) is 6.54 Å². The molecule has 0 heterocycles. The fraction of sp³-hybridized carbons (Fsp3) is 0.571. The summed E-state index contributed by atoms with van der Waals surface area (Å²) in [6.07, 6.45) is 1.76. The number of nitrogens with zero attached hydrogens (tertiary/aromatic N) is 1. The maximum atomic E-state index is 9.34. The van der Waals surface area contributed by atoms with E-state index in [4.69, 9.17) is 11.6 Å². The summed E-state index contributed by atoms with van der Waals surface area (Å²) in [7, 11) is 4.02. The molecule has 18 heavy (non-hydrogen) atoms. The van der Waals surface area contributed by atoms with Crippen molar-refractivity contribution in [3.05, 3.63) is 28.8 Å². The van der Waals surface area contributed by atoms with Gasteiger partial charge in [-0.25, -0.2) is 0 Å². The number of aliphatic hydroxyl groups excluding tert-OH is 1. The van der Waals surface area contributed by atoms with Gasteiger partial charge in [0, 0.05) is 36.4 Å². The van der Waals surface area contributed by atoms with E-state index in [1.807, 2.05) is 19.2 Å². The number of benzene rings is 1. The fourth-order valence-corrected chi connectivity index (χ4v) is 2.83. The van der Waals surface area contributed by atoms with E-state index in [1.165, 1.54) is 5.69 Å². The van der Waals surface area contributed by atoms with Crippen molar-refractivity contribution in [3.8, 4) is 0 Å². The average molecular weight is 269 g/mol. The van der Waals surface area contributed by atoms with Crippen molar-refractivity contribution in [3.63, 3.8) is 0 Å². The molecule has 0 unspecified atom stereocenters. The minimum Gasteiger partial charge on any atom is -0.393 e. The van der Waals surface area contributed by atoms with Gasteiger partial charge in [-0.05, 0) is 37.9 Å². The van der Waals surface area contributed by atoms with Crippen LogP contribution in [0.3, 0.4) is 0 Å². The molecule has 0 aromatic heterocycles. The Balaban J connectivity index is 2.08. The van der Waals surface area contributed by atoms with Crippen molar-refractivity contribution >= 4 is 17.3 Å². The lowest BCUT2D eigenvalue weighted by atomic mass is 9.82. The summed E-state index contributed by atoms with van der Waals surface area (Å²) in [5.41, 5.74) is 2.32. The molecule has 100 valence electrons. The predicted molar refractivity (Wildman–Crippen MR) is 76.2 cm³/mol. The molecule has 0 bridgehead atoms. The van der Waals surface area contributed by atoms with Crippen LogP contribution >= 0.6 is 11.6 Å². The van der Waals surface area contributed by atoms with Crippen LogP contribution in [0.1, 0.15) is 18.4 Å². The van der Waals surface area contributed by atoms with Crippen LogP contribution < -0.4 is 10.2 Å². The number of nitrogens with one attached hydrogen (secondary N) is 1. The number of rotatable bonds is 5. The van der Waals surface area contributed by atoms with Crippen LogP contribution in [-0.4, -0.2) is 31.9 Å². The minimum atomic E-state index is -0.0838. The van der Waals surface area contributed by atoms with Crippen molar-refractivity contribution in [1.29, 1.82) is 0 Å². The first-order chi connectivity index (χ1) is 8.61. The molecule has 1 aliphatic rings. The van der Waals surface area contributed by atoms with Gasteiger partial charge in [-0.2, -0.15) is 0 Å². The maximum absolute atomic E-state index is 9.34. The van der Waals surface area contributed by atoms with Crippen LogP contribution in [0.2, 0.25) is 5.02 Å². The molecular weight excluding hydrogens is 248 g/mol. The Bertz CT molecular complexity index is 405. The summed E-state index contributed by atoms with van der Waals surface area (Å²) < 4.78 is 0. The van der Waals surface area contributed by atoms with E-state index in [-0.39, 0.29) is 6.10 Å². The first-order valence-corrected chi connectivity index (χ1v) is 6.80. The van der Waals surface area contributed by atoms with E-state index in [1.54, 1.807) is 0 Å². The molecule has 3 nitrogen and oxygen atoms in total. The minimum absolute atomic E-state index is 0.0838. The first kappa shape index (κ1) is 13.7. The second kappa shape index (κ2) is 5.91. The summed E-state index contributed by atoms with van der Waals surface area (Å²) in [6.45, 7) is 1.75. The number of hydrogen-bond acceptors (Lipinski definition) is 3. The van der Waals surface area contributed by atoms with Crippen LogP contribution in [0.4, 0.5) is 5.69 Å². The van der Waals surface area contributed by atoms with Crippen LogP contribution in [0, 0.1) is 5.92 Å². The zero-order valence-corrected chi connectivity index (χ0v) is 11.7. The van der Waals surface area contributed by atoms with Crippen molar-refractivity contribution in [2.24, 2.45) is 5.92 Å². The zero-order chi connectivity index (χ0) is 13.1. The molecule has 1 fully saturated rings. The molecule has 0 saturated heterocycles. The monoisotopic (exact) mass is 268 g/mol. The molecule has 0 amide bonds. The molecular formula is C14H21ClN2O. The van der Waals surface area contributed by atoms with E-state index in [0.717, 1.165) is 36.5 Å². The Labute approximate surface area is 114 Å². The smallest absolute Gasteiger partial charge is 0.0546 e. The van der Waals surface area contributed by atoms with Gasteiger partial charge in [-0.15, -0.1) is 0 Å². The average Bonchev–Trinajstić information content (AvgIpc) is 2.30.